The fourth-order valence-corrected chi connectivity index (χ4v) is 2.80. The van der Waals surface area contributed by atoms with Crippen molar-refractivity contribution in [3.05, 3.63) is 64.7 Å². The van der Waals surface area contributed by atoms with Crippen LogP contribution >= 0.6 is 0 Å². The molecule has 0 fully saturated rings. The molecule has 2 heteroatoms. The summed E-state index contributed by atoms with van der Waals surface area (Å²) in [6.45, 7) is 8.43. The monoisotopic (exact) mass is 283 g/mol. The first-order valence-electron chi connectivity index (χ1n) is 7.53. The van der Waals surface area contributed by atoms with Gasteiger partial charge in [-0.05, 0) is 69.1 Å². The minimum atomic E-state index is 0.182. The maximum Gasteiger partial charge on any atom is 0.120 e. The Morgan fingerprint density at radius 3 is 2.14 bits per heavy atom. The summed E-state index contributed by atoms with van der Waals surface area (Å²) in [7, 11) is 2.01. The second-order valence-corrected chi connectivity index (χ2v) is 5.77. The zero-order valence-corrected chi connectivity index (χ0v) is 13.6. The van der Waals surface area contributed by atoms with Crippen molar-refractivity contribution in [2.75, 3.05) is 7.05 Å². The van der Waals surface area contributed by atoms with Crippen LogP contribution in [0.2, 0.25) is 0 Å². The number of benzene rings is 2. The Hall–Kier alpha value is -1.80. The summed E-state index contributed by atoms with van der Waals surface area (Å²) in [6.07, 6.45) is 0.188. The first-order valence-corrected chi connectivity index (χ1v) is 7.53. The number of nitrogens with one attached hydrogen (secondary N) is 1. The van der Waals surface area contributed by atoms with E-state index < -0.39 is 0 Å². The molecule has 0 radical (unpaired) electrons. The van der Waals surface area contributed by atoms with Gasteiger partial charge in [0.05, 0.1) is 12.1 Å². The highest BCUT2D eigenvalue weighted by Crippen LogP contribution is 2.29. The van der Waals surface area contributed by atoms with Gasteiger partial charge in [0.1, 0.15) is 5.75 Å². The summed E-state index contributed by atoms with van der Waals surface area (Å²) >= 11 is 0. The molecule has 21 heavy (non-hydrogen) atoms. The van der Waals surface area contributed by atoms with Gasteiger partial charge in [0.2, 0.25) is 0 Å². The first-order chi connectivity index (χ1) is 10.0. The van der Waals surface area contributed by atoms with Gasteiger partial charge in [0.25, 0.3) is 0 Å². The quantitative estimate of drug-likeness (QED) is 0.878. The molecule has 112 valence electrons. The Kier molecular flexibility index (Phi) is 5.03. The van der Waals surface area contributed by atoms with E-state index >= 15 is 0 Å². The van der Waals surface area contributed by atoms with Gasteiger partial charge in [-0.3, -0.25) is 0 Å². The molecule has 0 heterocycles. The van der Waals surface area contributed by atoms with E-state index in [1.165, 1.54) is 22.3 Å². The molecule has 2 aromatic carbocycles. The van der Waals surface area contributed by atoms with E-state index in [9.17, 15) is 0 Å². The molecule has 0 bridgehead atoms. The van der Waals surface area contributed by atoms with E-state index in [4.69, 9.17) is 4.74 Å². The number of ether oxygens (including phenoxy) is 1. The first kappa shape index (κ1) is 15.6. The van der Waals surface area contributed by atoms with Crippen LogP contribution in [0.1, 0.15) is 42.1 Å². The summed E-state index contributed by atoms with van der Waals surface area (Å²) < 4.78 is 5.82. The molecular formula is C19H25NO. The zero-order valence-electron chi connectivity index (χ0n) is 13.6. The maximum atomic E-state index is 5.82. The predicted molar refractivity (Wildman–Crippen MR) is 89.0 cm³/mol. The molecule has 1 N–H and O–H groups in total. The molecule has 0 saturated carbocycles. The summed E-state index contributed by atoms with van der Waals surface area (Å²) in [5.41, 5.74) is 5.20. The van der Waals surface area contributed by atoms with Crippen LogP contribution in [0.5, 0.6) is 5.75 Å². The number of hydrogen-bond acceptors (Lipinski definition) is 2. The Morgan fingerprint density at radius 2 is 1.57 bits per heavy atom. The van der Waals surface area contributed by atoms with Crippen molar-refractivity contribution in [1.29, 1.82) is 0 Å². The van der Waals surface area contributed by atoms with Gasteiger partial charge in [-0.15, -0.1) is 0 Å². The molecule has 0 spiro atoms. The predicted octanol–water partition coefficient (Wildman–Crippen LogP) is 4.40. The highest BCUT2D eigenvalue weighted by molar-refractivity contribution is 5.43. The fraction of sp³-hybridized carbons (Fsp3) is 0.368. The summed E-state index contributed by atoms with van der Waals surface area (Å²) in [4.78, 5) is 0. The molecule has 0 saturated heterocycles. The molecule has 0 amide bonds. The molecule has 2 aromatic rings. The van der Waals surface area contributed by atoms with Crippen molar-refractivity contribution < 1.29 is 4.74 Å². The van der Waals surface area contributed by atoms with E-state index in [0.29, 0.717) is 0 Å². The topological polar surface area (TPSA) is 21.3 Å². The third kappa shape index (κ3) is 3.64. The molecule has 1 unspecified atom stereocenters. The van der Waals surface area contributed by atoms with Crippen LogP contribution in [0, 0.1) is 13.8 Å². The lowest BCUT2D eigenvalue weighted by molar-refractivity contribution is 0.242. The molecule has 0 aliphatic carbocycles. The molecule has 0 aliphatic rings. The average molecular weight is 283 g/mol. The third-order valence-electron chi connectivity index (χ3n) is 3.68. The zero-order chi connectivity index (χ0) is 15.4. The van der Waals surface area contributed by atoms with Crippen molar-refractivity contribution in [3.63, 3.8) is 0 Å². The highest BCUT2D eigenvalue weighted by Gasteiger charge is 2.17. The van der Waals surface area contributed by atoms with Gasteiger partial charge in [0.15, 0.2) is 0 Å². The van der Waals surface area contributed by atoms with Crippen LogP contribution in [0.15, 0.2) is 42.5 Å². The van der Waals surface area contributed by atoms with E-state index in [1.807, 2.05) is 27.0 Å². The van der Waals surface area contributed by atoms with Crippen LogP contribution in [-0.2, 0) is 0 Å². The van der Waals surface area contributed by atoms with Gasteiger partial charge < -0.3 is 10.1 Å². The van der Waals surface area contributed by atoms with Crippen molar-refractivity contribution in [2.24, 2.45) is 0 Å². The third-order valence-corrected chi connectivity index (χ3v) is 3.68. The number of rotatable bonds is 5. The number of aryl methyl sites for hydroxylation is 2. The molecular weight excluding hydrogens is 258 g/mol. The Morgan fingerprint density at radius 1 is 0.952 bits per heavy atom. The second kappa shape index (κ2) is 6.77. The van der Waals surface area contributed by atoms with Crippen LogP contribution in [-0.4, -0.2) is 13.2 Å². The summed E-state index contributed by atoms with van der Waals surface area (Å²) in [5.74, 6) is 0.925. The highest BCUT2D eigenvalue weighted by atomic mass is 16.5. The smallest absolute Gasteiger partial charge is 0.120 e. The molecule has 2 rings (SSSR count). The van der Waals surface area contributed by atoms with Crippen LogP contribution in [0.25, 0.3) is 0 Å². The molecule has 2 nitrogen and oxygen atoms in total. The second-order valence-electron chi connectivity index (χ2n) is 5.77. The standard InChI is InChI=1S/C19H25NO/c1-13(2)21-17-11-7-10-16(12-17)19(20-5)18-14(3)8-6-9-15(18)4/h6-13,19-20H,1-5H3. The van der Waals surface area contributed by atoms with Gasteiger partial charge in [-0.25, -0.2) is 0 Å². The van der Waals surface area contributed by atoms with Crippen molar-refractivity contribution in [3.8, 4) is 5.75 Å². The largest absolute Gasteiger partial charge is 0.491 e. The Balaban J connectivity index is 2.42. The molecule has 1 atom stereocenters. The van der Waals surface area contributed by atoms with Crippen molar-refractivity contribution in [2.45, 2.75) is 39.8 Å². The molecule has 0 aromatic heterocycles. The maximum absolute atomic E-state index is 5.82. The van der Waals surface area contributed by atoms with Gasteiger partial charge in [0, 0.05) is 0 Å². The average Bonchev–Trinajstić information content (AvgIpc) is 2.42. The van der Waals surface area contributed by atoms with Crippen molar-refractivity contribution in [1.82, 2.24) is 5.32 Å². The van der Waals surface area contributed by atoms with Gasteiger partial charge >= 0.3 is 0 Å². The summed E-state index contributed by atoms with van der Waals surface area (Å²) in [6, 6.07) is 15.0. The van der Waals surface area contributed by atoms with Crippen LogP contribution in [0.4, 0.5) is 0 Å². The van der Waals surface area contributed by atoms with Crippen LogP contribution < -0.4 is 10.1 Å². The van der Waals surface area contributed by atoms with Crippen LogP contribution in [0.3, 0.4) is 0 Å². The fourth-order valence-electron chi connectivity index (χ4n) is 2.80. The lowest BCUT2D eigenvalue weighted by Crippen LogP contribution is -2.20. The van der Waals surface area contributed by atoms with Crippen molar-refractivity contribution >= 4 is 0 Å². The van der Waals surface area contributed by atoms with E-state index in [0.717, 1.165) is 5.75 Å². The lowest BCUT2D eigenvalue weighted by atomic mass is 9.91. The lowest BCUT2D eigenvalue weighted by Gasteiger charge is -2.22. The van der Waals surface area contributed by atoms with E-state index in [2.05, 4.69) is 55.6 Å². The Bertz CT molecular complexity index is 584. The van der Waals surface area contributed by atoms with Gasteiger partial charge in [-0.1, -0.05) is 30.3 Å². The minimum absolute atomic E-state index is 0.182. The van der Waals surface area contributed by atoms with E-state index in [1.54, 1.807) is 0 Å². The normalized spacial score (nSPS) is 12.5. The van der Waals surface area contributed by atoms with E-state index in [-0.39, 0.29) is 12.1 Å². The van der Waals surface area contributed by atoms with Gasteiger partial charge in [-0.2, -0.15) is 0 Å². The SMILES string of the molecule is CNC(c1cccc(OC(C)C)c1)c1c(C)cccc1C. The number of hydrogen-bond donors (Lipinski definition) is 1. The minimum Gasteiger partial charge on any atom is -0.491 e. The molecule has 0 aliphatic heterocycles. The summed E-state index contributed by atoms with van der Waals surface area (Å²) in [5, 5.41) is 3.44. The Labute approximate surface area is 128 Å².